The lowest BCUT2D eigenvalue weighted by Crippen LogP contribution is -2.41. The molecule has 1 amide bonds. The number of benzene rings is 1. The van der Waals surface area contributed by atoms with E-state index in [9.17, 15) is 9.59 Å². The number of aliphatic carboxylic acids is 1. The summed E-state index contributed by atoms with van der Waals surface area (Å²) >= 11 is 0. The molecule has 130 valence electrons. The van der Waals surface area contributed by atoms with E-state index in [4.69, 9.17) is 15.6 Å². The second-order valence-corrected chi connectivity index (χ2v) is 6.40. The van der Waals surface area contributed by atoms with E-state index in [-0.39, 0.29) is 18.1 Å². The number of carbonyl (C=O) groups excluding carboxylic acids is 1. The van der Waals surface area contributed by atoms with Gasteiger partial charge in [0, 0.05) is 18.8 Å². The number of carbonyl (C=O) groups is 2. The summed E-state index contributed by atoms with van der Waals surface area (Å²) < 4.78 is 5.47. The van der Waals surface area contributed by atoms with E-state index in [2.05, 4.69) is 4.90 Å². The van der Waals surface area contributed by atoms with Crippen LogP contribution in [0.4, 0.5) is 10.5 Å². The third kappa shape index (κ3) is 3.68. The molecule has 0 spiro atoms. The Morgan fingerprint density at radius 3 is 2.50 bits per heavy atom. The van der Waals surface area contributed by atoms with Crippen molar-refractivity contribution in [3.8, 4) is 0 Å². The van der Waals surface area contributed by atoms with Gasteiger partial charge in [-0.15, -0.1) is 0 Å². The van der Waals surface area contributed by atoms with Crippen LogP contribution in [0.25, 0.3) is 0 Å². The molecule has 1 aromatic carbocycles. The number of likely N-dealkylation sites (tertiary alicyclic amines) is 1. The molecule has 0 radical (unpaired) electrons. The normalized spacial score (nSPS) is 22.6. The Bertz CT molecular complexity index is 596. The van der Waals surface area contributed by atoms with Crippen LogP contribution in [0.2, 0.25) is 0 Å². The zero-order chi connectivity index (χ0) is 17.1. The van der Waals surface area contributed by atoms with Crippen molar-refractivity contribution in [3.63, 3.8) is 0 Å². The molecular formula is C17H23N3O4. The Hall–Kier alpha value is -2.12. The van der Waals surface area contributed by atoms with Gasteiger partial charge in [-0.05, 0) is 43.6 Å². The van der Waals surface area contributed by atoms with Gasteiger partial charge in [0.2, 0.25) is 0 Å². The predicted molar refractivity (Wildman–Crippen MR) is 88.7 cm³/mol. The lowest BCUT2D eigenvalue weighted by atomic mass is 9.97. The average molecular weight is 333 g/mol. The van der Waals surface area contributed by atoms with Gasteiger partial charge in [0.15, 0.2) is 0 Å². The third-order valence-corrected chi connectivity index (χ3v) is 4.76. The lowest BCUT2D eigenvalue weighted by molar-refractivity contribution is -0.143. The first-order chi connectivity index (χ1) is 11.6. The maximum absolute atomic E-state index is 12.1. The Morgan fingerprint density at radius 2 is 1.92 bits per heavy atom. The molecule has 0 bridgehead atoms. The van der Waals surface area contributed by atoms with Gasteiger partial charge in [-0.25, -0.2) is 4.79 Å². The molecule has 0 saturated carbocycles. The molecule has 24 heavy (non-hydrogen) atoms. The number of ether oxygens (including phenoxy) is 1. The van der Waals surface area contributed by atoms with Crippen molar-refractivity contribution < 1.29 is 19.4 Å². The van der Waals surface area contributed by atoms with Crippen LogP contribution in [-0.2, 0) is 16.1 Å². The van der Waals surface area contributed by atoms with Crippen LogP contribution in [0.15, 0.2) is 24.3 Å². The average Bonchev–Trinajstić information content (AvgIpc) is 2.95. The summed E-state index contributed by atoms with van der Waals surface area (Å²) in [5, 5.41) is 9.04. The van der Waals surface area contributed by atoms with Gasteiger partial charge in [0.1, 0.15) is 6.10 Å². The third-order valence-electron chi connectivity index (χ3n) is 4.76. The number of carboxylic acids is 1. The highest BCUT2D eigenvalue weighted by Gasteiger charge is 2.34. The summed E-state index contributed by atoms with van der Waals surface area (Å²) in [6.45, 7) is 3.10. The first-order valence-corrected chi connectivity index (χ1v) is 8.29. The molecule has 7 nitrogen and oxygen atoms in total. The molecule has 2 fully saturated rings. The van der Waals surface area contributed by atoms with Crippen LogP contribution in [-0.4, -0.2) is 54.4 Å². The zero-order valence-electron chi connectivity index (χ0n) is 13.6. The molecule has 3 rings (SSSR count). The van der Waals surface area contributed by atoms with Crippen LogP contribution < -0.4 is 10.6 Å². The summed E-state index contributed by atoms with van der Waals surface area (Å²) in [6.07, 6.45) is 0.787. The van der Waals surface area contributed by atoms with Crippen molar-refractivity contribution in [2.24, 2.45) is 11.7 Å². The lowest BCUT2D eigenvalue weighted by Gasteiger charge is -2.31. The largest absolute Gasteiger partial charge is 0.481 e. The summed E-state index contributed by atoms with van der Waals surface area (Å²) in [5.41, 5.74) is 7.42. The maximum atomic E-state index is 12.1. The summed E-state index contributed by atoms with van der Waals surface area (Å²) in [6, 6.07) is 7.58. The Balaban J connectivity index is 1.54. The number of hydrogen-bond acceptors (Lipinski definition) is 5. The van der Waals surface area contributed by atoms with E-state index in [0.29, 0.717) is 32.5 Å². The van der Waals surface area contributed by atoms with Gasteiger partial charge in [0.05, 0.1) is 12.5 Å². The summed E-state index contributed by atoms with van der Waals surface area (Å²) in [4.78, 5) is 26.9. The van der Waals surface area contributed by atoms with Crippen molar-refractivity contribution in [1.82, 2.24) is 4.90 Å². The number of hydrogen-bond donors (Lipinski definition) is 2. The highest BCUT2D eigenvalue weighted by molar-refractivity contribution is 5.89. The molecule has 0 aromatic heterocycles. The molecule has 2 saturated heterocycles. The van der Waals surface area contributed by atoms with E-state index < -0.39 is 5.97 Å². The highest BCUT2D eigenvalue weighted by Crippen LogP contribution is 2.24. The highest BCUT2D eigenvalue weighted by atomic mass is 16.6. The molecule has 1 atom stereocenters. The molecule has 2 heterocycles. The fourth-order valence-corrected chi connectivity index (χ4v) is 3.29. The first-order valence-electron chi connectivity index (χ1n) is 8.29. The van der Waals surface area contributed by atoms with Gasteiger partial charge >= 0.3 is 12.1 Å². The Kier molecular flexibility index (Phi) is 5.01. The minimum absolute atomic E-state index is 0.187. The number of cyclic esters (lactones) is 1. The number of carboxylic acid groups (broad SMARTS) is 1. The van der Waals surface area contributed by atoms with Gasteiger partial charge in [0.25, 0.3) is 0 Å². The second-order valence-electron chi connectivity index (χ2n) is 6.40. The topological polar surface area (TPSA) is 96.1 Å². The van der Waals surface area contributed by atoms with E-state index in [0.717, 1.165) is 24.3 Å². The van der Waals surface area contributed by atoms with Crippen LogP contribution in [0.3, 0.4) is 0 Å². The smallest absolute Gasteiger partial charge is 0.414 e. The van der Waals surface area contributed by atoms with Crippen LogP contribution in [0, 0.1) is 5.92 Å². The minimum Gasteiger partial charge on any atom is -0.481 e. The molecule has 7 heteroatoms. The van der Waals surface area contributed by atoms with Crippen LogP contribution >= 0.6 is 0 Å². The first kappa shape index (κ1) is 16.7. The molecule has 2 aliphatic rings. The quantitative estimate of drug-likeness (QED) is 0.842. The molecule has 0 aliphatic carbocycles. The summed E-state index contributed by atoms with van der Waals surface area (Å²) in [5.74, 6) is -0.959. The monoisotopic (exact) mass is 333 g/mol. The fraction of sp³-hybridized carbons (Fsp3) is 0.529. The number of piperidine rings is 1. The fourth-order valence-electron chi connectivity index (χ4n) is 3.29. The van der Waals surface area contributed by atoms with Gasteiger partial charge < -0.3 is 15.6 Å². The second kappa shape index (κ2) is 7.19. The van der Waals surface area contributed by atoms with Crippen molar-refractivity contribution in [3.05, 3.63) is 29.8 Å². The van der Waals surface area contributed by atoms with Gasteiger partial charge in [-0.1, -0.05) is 12.1 Å². The van der Waals surface area contributed by atoms with E-state index in [1.54, 1.807) is 4.90 Å². The Morgan fingerprint density at radius 1 is 1.25 bits per heavy atom. The van der Waals surface area contributed by atoms with Crippen molar-refractivity contribution in [2.45, 2.75) is 25.5 Å². The van der Waals surface area contributed by atoms with Gasteiger partial charge in [-0.2, -0.15) is 0 Å². The minimum atomic E-state index is -0.714. The number of nitrogens with two attached hydrogens (primary N) is 1. The molecule has 3 N–H and O–H groups in total. The predicted octanol–water partition coefficient (Wildman–Crippen LogP) is 1.27. The number of anilines is 1. The van der Waals surface area contributed by atoms with Gasteiger partial charge in [-0.3, -0.25) is 14.6 Å². The van der Waals surface area contributed by atoms with Crippen LogP contribution in [0.5, 0.6) is 0 Å². The van der Waals surface area contributed by atoms with Crippen molar-refractivity contribution in [2.75, 3.05) is 31.1 Å². The number of rotatable bonds is 5. The van der Waals surface area contributed by atoms with Crippen LogP contribution in [0.1, 0.15) is 18.4 Å². The van der Waals surface area contributed by atoms with E-state index >= 15 is 0 Å². The van der Waals surface area contributed by atoms with E-state index in [1.165, 1.54) is 0 Å². The maximum Gasteiger partial charge on any atom is 0.414 e. The summed E-state index contributed by atoms with van der Waals surface area (Å²) in [7, 11) is 0. The molecule has 2 aliphatic heterocycles. The molecule has 0 unspecified atom stereocenters. The number of amides is 1. The molecular weight excluding hydrogens is 310 g/mol. The van der Waals surface area contributed by atoms with Crippen molar-refractivity contribution >= 4 is 17.7 Å². The standard InChI is InChI=1S/C17H23N3O4/c18-9-12-1-3-14(4-2-12)20-11-15(24-17(20)23)10-19-7-5-13(6-8-19)16(21)22/h1-4,13,15H,5-11,18H2,(H,21,22)/t15-/m0/s1. The zero-order valence-corrected chi connectivity index (χ0v) is 13.6. The van der Waals surface area contributed by atoms with E-state index in [1.807, 2.05) is 24.3 Å². The SMILES string of the molecule is NCc1ccc(N2C[C@H](CN3CCC(C(=O)O)CC3)OC2=O)cc1. The van der Waals surface area contributed by atoms with Crippen molar-refractivity contribution in [1.29, 1.82) is 0 Å². The number of nitrogens with zero attached hydrogens (tertiary/aromatic N) is 2. The molecule has 1 aromatic rings. The Labute approximate surface area is 141 Å².